The van der Waals surface area contributed by atoms with Gasteiger partial charge < -0.3 is 28.7 Å². The molecule has 8 nitrogen and oxygen atoms in total. The van der Waals surface area contributed by atoms with Crippen LogP contribution in [0.2, 0.25) is 0 Å². The number of fused-ring (bicyclic) bond motifs is 1. The molecular weight excluding hydrogens is 436 g/mol. The number of hydrogen-bond donors (Lipinski definition) is 1. The Morgan fingerprint density at radius 2 is 1.59 bits per heavy atom. The smallest absolute Gasteiger partial charge is 0.255 e. The van der Waals surface area contributed by atoms with Gasteiger partial charge in [-0.05, 0) is 68.4 Å². The van der Waals surface area contributed by atoms with Crippen molar-refractivity contribution in [2.45, 2.75) is 20.0 Å². The van der Waals surface area contributed by atoms with E-state index >= 15 is 0 Å². The number of hydrogen-bond acceptors (Lipinski definition) is 7. The normalized spacial score (nSPS) is 10.9. The minimum atomic E-state index is -0.233. The topological polar surface area (TPSA) is 92.1 Å². The molecule has 0 fully saturated rings. The van der Waals surface area contributed by atoms with Crippen LogP contribution in [0, 0.1) is 0 Å². The van der Waals surface area contributed by atoms with Gasteiger partial charge in [0.1, 0.15) is 11.3 Å². The van der Waals surface area contributed by atoms with Crippen LogP contribution in [0.25, 0.3) is 22.6 Å². The molecule has 0 aliphatic carbocycles. The van der Waals surface area contributed by atoms with Gasteiger partial charge in [0.25, 0.3) is 5.91 Å². The first-order valence-corrected chi connectivity index (χ1v) is 10.7. The highest BCUT2D eigenvalue weighted by Crippen LogP contribution is 2.41. The van der Waals surface area contributed by atoms with Crippen molar-refractivity contribution >= 4 is 22.7 Å². The lowest BCUT2D eigenvalue weighted by Gasteiger charge is -2.12. The highest BCUT2D eigenvalue weighted by Gasteiger charge is 2.18. The average molecular weight is 463 g/mol. The zero-order valence-corrected chi connectivity index (χ0v) is 19.7. The van der Waals surface area contributed by atoms with Crippen LogP contribution in [0.1, 0.15) is 24.2 Å². The van der Waals surface area contributed by atoms with Crippen LogP contribution >= 0.6 is 0 Å². The van der Waals surface area contributed by atoms with Gasteiger partial charge in [-0.15, -0.1) is 0 Å². The largest absolute Gasteiger partial charge is 0.493 e. The first kappa shape index (κ1) is 23.0. The monoisotopic (exact) mass is 462 g/mol. The van der Waals surface area contributed by atoms with Crippen molar-refractivity contribution in [3.05, 3.63) is 60.2 Å². The number of rotatable bonds is 8. The van der Waals surface area contributed by atoms with E-state index in [1.807, 2.05) is 13.8 Å². The van der Waals surface area contributed by atoms with Gasteiger partial charge in [-0.2, -0.15) is 0 Å². The summed E-state index contributed by atoms with van der Waals surface area (Å²) in [5.41, 5.74) is 2.97. The molecule has 0 aliphatic heterocycles. The maximum Gasteiger partial charge on any atom is 0.255 e. The summed E-state index contributed by atoms with van der Waals surface area (Å²) in [6.07, 6.45) is 0.0684. The summed E-state index contributed by atoms with van der Waals surface area (Å²) in [5, 5.41) is 2.89. The number of carbonyl (C=O) groups excluding carboxylic acids is 1. The summed E-state index contributed by atoms with van der Waals surface area (Å²) in [6.45, 7) is 3.90. The molecule has 0 spiro atoms. The maximum atomic E-state index is 12.7. The summed E-state index contributed by atoms with van der Waals surface area (Å²) in [4.78, 5) is 17.3. The Kier molecular flexibility index (Phi) is 6.58. The van der Waals surface area contributed by atoms with Crippen LogP contribution < -0.4 is 24.3 Å². The van der Waals surface area contributed by atoms with Gasteiger partial charge in [0, 0.05) is 16.8 Å². The lowest BCUT2D eigenvalue weighted by atomic mass is 10.2. The molecule has 4 aromatic rings. The van der Waals surface area contributed by atoms with E-state index in [1.165, 1.54) is 0 Å². The van der Waals surface area contributed by atoms with E-state index < -0.39 is 0 Å². The minimum absolute atomic E-state index is 0.0684. The van der Waals surface area contributed by atoms with E-state index in [9.17, 15) is 4.79 Å². The quantitative estimate of drug-likeness (QED) is 0.366. The molecule has 0 bridgehead atoms. The van der Waals surface area contributed by atoms with Gasteiger partial charge in [-0.3, -0.25) is 4.79 Å². The van der Waals surface area contributed by atoms with Crippen molar-refractivity contribution in [1.82, 2.24) is 4.98 Å². The molecule has 1 heterocycles. The van der Waals surface area contributed by atoms with Crippen molar-refractivity contribution in [2.24, 2.45) is 0 Å². The lowest BCUT2D eigenvalue weighted by Crippen LogP contribution is -2.12. The zero-order chi connectivity index (χ0) is 24.2. The molecule has 0 saturated heterocycles. The van der Waals surface area contributed by atoms with Crippen LogP contribution in [0.3, 0.4) is 0 Å². The summed E-state index contributed by atoms with van der Waals surface area (Å²) >= 11 is 0. The minimum Gasteiger partial charge on any atom is -0.493 e. The van der Waals surface area contributed by atoms with E-state index in [4.69, 9.17) is 23.4 Å². The SMILES string of the molecule is COc1cc(-c2nc3cc(NC(=O)c4ccc(OC(C)C)cc4)ccc3o2)cc(OC)c1OC. The summed E-state index contributed by atoms with van der Waals surface area (Å²) < 4.78 is 27.8. The van der Waals surface area contributed by atoms with Gasteiger partial charge in [0.05, 0.1) is 27.4 Å². The number of nitrogens with one attached hydrogen (secondary N) is 1. The van der Waals surface area contributed by atoms with Crippen molar-refractivity contribution < 1.29 is 28.2 Å². The number of methoxy groups -OCH3 is 3. The molecule has 8 heteroatoms. The van der Waals surface area contributed by atoms with Gasteiger partial charge in [0.15, 0.2) is 17.1 Å². The molecule has 0 saturated carbocycles. The van der Waals surface area contributed by atoms with Gasteiger partial charge in [-0.1, -0.05) is 0 Å². The zero-order valence-electron chi connectivity index (χ0n) is 19.7. The Morgan fingerprint density at radius 1 is 0.912 bits per heavy atom. The third-order valence-electron chi connectivity index (χ3n) is 5.05. The third kappa shape index (κ3) is 4.76. The van der Waals surface area contributed by atoms with Crippen LogP contribution in [-0.4, -0.2) is 38.3 Å². The summed E-state index contributed by atoms with van der Waals surface area (Å²) in [6, 6.07) is 15.8. The Morgan fingerprint density at radius 3 is 2.18 bits per heavy atom. The second-order valence-electron chi connectivity index (χ2n) is 7.76. The maximum absolute atomic E-state index is 12.7. The molecule has 1 aromatic heterocycles. The second kappa shape index (κ2) is 9.74. The molecule has 0 aliphatic rings. The first-order chi connectivity index (χ1) is 16.4. The third-order valence-corrected chi connectivity index (χ3v) is 5.05. The van der Waals surface area contributed by atoms with Crippen molar-refractivity contribution in [3.8, 4) is 34.5 Å². The Bertz CT molecular complexity index is 1290. The van der Waals surface area contributed by atoms with Gasteiger partial charge in [0.2, 0.25) is 11.6 Å². The fourth-order valence-electron chi connectivity index (χ4n) is 3.49. The fraction of sp³-hybridized carbons (Fsp3) is 0.231. The van der Waals surface area contributed by atoms with E-state index in [-0.39, 0.29) is 12.0 Å². The number of ether oxygens (including phenoxy) is 4. The number of carbonyl (C=O) groups is 1. The number of anilines is 1. The van der Waals surface area contributed by atoms with E-state index in [0.717, 1.165) is 5.75 Å². The molecule has 1 N–H and O–H groups in total. The van der Waals surface area contributed by atoms with E-state index in [2.05, 4.69) is 10.3 Å². The number of oxazole rings is 1. The summed E-state index contributed by atoms with van der Waals surface area (Å²) in [7, 11) is 4.64. The van der Waals surface area contributed by atoms with Crippen molar-refractivity contribution in [3.63, 3.8) is 0 Å². The molecule has 176 valence electrons. The van der Waals surface area contributed by atoms with E-state index in [0.29, 0.717) is 51.1 Å². The molecule has 0 atom stereocenters. The molecule has 0 radical (unpaired) electrons. The van der Waals surface area contributed by atoms with Crippen LogP contribution in [0.5, 0.6) is 23.0 Å². The Balaban J connectivity index is 1.57. The predicted octanol–water partition coefficient (Wildman–Crippen LogP) is 5.56. The van der Waals surface area contributed by atoms with E-state index in [1.54, 1.807) is 75.9 Å². The molecular formula is C26H26N2O6. The first-order valence-electron chi connectivity index (χ1n) is 10.7. The van der Waals surface area contributed by atoms with Crippen LogP contribution in [0.4, 0.5) is 5.69 Å². The fourth-order valence-corrected chi connectivity index (χ4v) is 3.49. The number of aromatic nitrogens is 1. The van der Waals surface area contributed by atoms with Gasteiger partial charge in [-0.25, -0.2) is 4.98 Å². The highest BCUT2D eigenvalue weighted by atomic mass is 16.5. The number of amides is 1. The van der Waals surface area contributed by atoms with Crippen LogP contribution in [-0.2, 0) is 0 Å². The molecule has 34 heavy (non-hydrogen) atoms. The van der Waals surface area contributed by atoms with Crippen LogP contribution in [0.15, 0.2) is 59.0 Å². The molecule has 0 unspecified atom stereocenters. The van der Waals surface area contributed by atoms with Crippen molar-refractivity contribution in [1.29, 1.82) is 0 Å². The Labute approximate surface area is 197 Å². The standard InChI is InChI=1S/C26H26N2O6/c1-15(2)33-19-9-6-16(7-10-19)25(29)27-18-8-11-21-20(14-18)28-26(34-21)17-12-22(30-3)24(32-5)23(13-17)31-4/h6-15H,1-5H3,(H,27,29). The van der Waals surface area contributed by atoms with Crippen molar-refractivity contribution in [2.75, 3.05) is 26.6 Å². The summed E-state index contributed by atoms with van der Waals surface area (Å²) in [5.74, 6) is 2.35. The van der Waals surface area contributed by atoms with Gasteiger partial charge >= 0.3 is 0 Å². The average Bonchev–Trinajstić information content (AvgIpc) is 3.26. The lowest BCUT2D eigenvalue weighted by molar-refractivity contribution is 0.102. The molecule has 1 amide bonds. The Hall–Kier alpha value is -4.20. The highest BCUT2D eigenvalue weighted by molar-refractivity contribution is 6.05. The second-order valence-corrected chi connectivity index (χ2v) is 7.76. The number of nitrogens with zero attached hydrogens (tertiary/aromatic N) is 1. The number of benzene rings is 3. The predicted molar refractivity (Wildman–Crippen MR) is 129 cm³/mol. The molecule has 4 rings (SSSR count). The molecule has 3 aromatic carbocycles.